The fraction of sp³-hybridized carbons (Fsp3) is 0.560. The number of carbonyl (C=O) groups excluding carboxylic acids is 16. The molecule has 10 rings (SSSR count). The third-order valence-corrected chi connectivity index (χ3v) is 25.3. The molecule has 16 amide bonds. The second-order valence-electron chi connectivity index (χ2n) is 35.3. The number of ether oxygens (including phenoxy) is 2. The number of H-pyrrole nitrogens is 1. The molecule has 2 aromatic heterocycles. The van der Waals surface area contributed by atoms with Crippen LogP contribution in [0.25, 0.3) is 21.8 Å². The van der Waals surface area contributed by atoms with Crippen LogP contribution in [0.2, 0.25) is 0 Å². The van der Waals surface area contributed by atoms with Gasteiger partial charge in [-0.2, -0.15) is 0 Å². The van der Waals surface area contributed by atoms with E-state index in [0.29, 0.717) is 82.8 Å². The zero-order chi connectivity index (χ0) is 97.7. The maximum absolute atomic E-state index is 15.9. The fourth-order valence-corrected chi connectivity index (χ4v) is 18.2. The van der Waals surface area contributed by atoms with Crippen molar-refractivity contribution in [2.24, 2.45) is 28.9 Å². The third-order valence-electron chi connectivity index (χ3n) is 25.3. The molecule has 5 aliphatic heterocycles. The van der Waals surface area contributed by atoms with E-state index in [-0.39, 0.29) is 89.8 Å². The molecule has 0 bridgehead atoms. The summed E-state index contributed by atoms with van der Waals surface area (Å²) in [7, 11) is 4.12. The minimum Gasteiger partial charge on any atom is -0.497 e. The summed E-state index contributed by atoms with van der Waals surface area (Å²) in [4.78, 5) is 273. The van der Waals surface area contributed by atoms with Crippen LogP contribution in [0.5, 0.6) is 5.75 Å². The number of para-hydroxylation sites is 2. The molecule has 0 saturated carbocycles. The number of aromatic amines is 1. The summed E-state index contributed by atoms with van der Waals surface area (Å²) in [6, 6.07) is -0.844. The molecule has 0 aliphatic carbocycles. The minimum absolute atomic E-state index is 0.00971. The van der Waals surface area contributed by atoms with Gasteiger partial charge in [0.1, 0.15) is 97.4 Å². The fourth-order valence-electron chi connectivity index (χ4n) is 18.2. The van der Waals surface area contributed by atoms with E-state index < -0.39 is 255 Å². The van der Waals surface area contributed by atoms with Crippen molar-refractivity contribution in [2.75, 3.05) is 67.1 Å². The molecular formula is C91H126N20O23. The molecule has 5 aliphatic rings. The molecule has 43 heteroatoms. The monoisotopic (exact) mass is 1870 g/mol. The summed E-state index contributed by atoms with van der Waals surface area (Å²) >= 11 is 0. The number of nitrogens with two attached hydrogens (primary N) is 4. The number of nitrogens with one attached hydrogen (secondary N) is 9. The Morgan fingerprint density at radius 2 is 1.18 bits per heavy atom. The van der Waals surface area contributed by atoms with E-state index in [4.69, 9.17) is 32.4 Å². The number of aliphatic hydroxyl groups excluding tert-OH is 1. The van der Waals surface area contributed by atoms with Crippen molar-refractivity contribution in [3.8, 4) is 5.75 Å². The number of hydrogen-bond acceptors (Lipinski definition) is 23. The van der Waals surface area contributed by atoms with E-state index in [1.54, 1.807) is 92.8 Å². The summed E-state index contributed by atoms with van der Waals surface area (Å²) in [6.07, 6.45) is -0.270. The third kappa shape index (κ3) is 25.2. The van der Waals surface area contributed by atoms with Crippen LogP contribution in [0.4, 0.5) is 0 Å². The Labute approximate surface area is 774 Å². The molecule has 1 spiro atoms. The number of rotatable bonds is 26. The molecule has 5 saturated heterocycles. The van der Waals surface area contributed by atoms with Crippen molar-refractivity contribution in [2.45, 2.75) is 253 Å². The first-order chi connectivity index (χ1) is 63.9. The largest absolute Gasteiger partial charge is 0.497 e. The number of nitrogens with zero attached hydrogens (tertiary/aromatic N) is 7. The lowest BCUT2D eigenvalue weighted by atomic mass is 9.97. The maximum Gasteiger partial charge on any atom is 0.323 e. The van der Waals surface area contributed by atoms with Gasteiger partial charge in [0.15, 0.2) is 5.66 Å². The summed E-state index contributed by atoms with van der Waals surface area (Å²) in [6.45, 7) is 3.14. The number of benzene rings is 3. The molecule has 3 aromatic carbocycles. The van der Waals surface area contributed by atoms with Crippen LogP contribution >= 0.6 is 0 Å². The Morgan fingerprint density at radius 1 is 0.575 bits per heavy atom. The van der Waals surface area contributed by atoms with Gasteiger partial charge in [0.2, 0.25) is 88.6 Å². The molecule has 0 unspecified atom stereocenters. The Bertz CT molecular complexity index is 5160. The van der Waals surface area contributed by atoms with Gasteiger partial charge in [0.25, 0.3) is 5.91 Å². The van der Waals surface area contributed by atoms with E-state index in [1.807, 2.05) is 13.8 Å². The Morgan fingerprint density at radius 3 is 1.84 bits per heavy atom. The van der Waals surface area contributed by atoms with E-state index in [0.717, 1.165) is 24.5 Å². The van der Waals surface area contributed by atoms with Crippen molar-refractivity contribution in [3.63, 3.8) is 0 Å². The highest BCUT2D eigenvalue weighted by molar-refractivity contribution is 6.10. The van der Waals surface area contributed by atoms with Crippen molar-refractivity contribution in [3.05, 3.63) is 102 Å². The van der Waals surface area contributed by atoms with E-state index in [9.17, 15) is 58.5 Å². The number of carboxylic acids is 2. The smallest absolute Gasteiger partial charge is 0.323 e. The van der Waals surface area contributed by atoms with Crippen molar-refractivity contribution in [1.29, 1.82) is 0 Å². The van der Waals surface area contributed by atoms with Crippen LogP contribution in [-0.2, 0) is 117 Å². The number of likely N-dealkylation sites (N-methyl/N-ethyl adjacent to an activating group) is 2. The van der Waals surface area contributed by atoms with Crippen LogP contribution in [0.1, 0.15) is 154 Å². The zero-order valence-corrected chi connectivity index (χ0v) is 76.5. The average Bonchev–Trinajstić information content (AvgIpc) is 1.52. The highest BCUT2D eigenvalue weighted by Gasteiger charge is 2.72. The number of aliphatic hydroxyl groups is 1. The van der Waals surface area contributed by atoms with Crippen LogP contribution in [0.3, 0.4) is 0 Å². The summed E-state index contributed by atoms with van der Waals surface area (Å²) in [5, 5.41) is 53.8. The lowest BCUT2D eigenvalue weighted by Gasteiger charge is -2.38. The molecular weight excluding hydrogens is 1740 g/mol. The summed E-state index contributed by atoms with van der Waals surface area (Å²) < 4.78 is 12.6. The number of unbranched alkanes of at least 4 members (excludes halogenated alkanes) is 2. The number of primary amides is 2. The van der Waals surface area contributed by atoms with Gasteiger partial charge >= 0.3 is 11.9 Å². The lowest BCUT2D eigenvalue weighted by Crippen LogP contribution is -2.61. The van der Waals surface area contributed by atoms with Crippen LogP contribution < -0.4 is 70.2 Å². The van der Waals surface area contributed by atoms with Gasteiger partial charge in [-0.05, 0) is 118 Å². The Hall–Kier alpha value is -13.2. The SMILES string of the molecule is CCCC[C@H]1C(=O)N(C)[C@@H](CCCC)C(=O)N[C@@H](CC(C)C)C(=O)N[C@H](C(N)=O)COCC(=O)N[C@@H](Cc2ccc(OC)cc2)C(=O)N2CCCC[C@@]23C(=O)N3[C@@H](CC(N)=O)C(=O)N2CCC[C@H]2C(=O)N[C@@H](CN)C(=O)N[C@@H](CCC(=O)O)C(=O)N2C[C@H](O)C[C@H]2C(=O)N[C@@H](Cc2c[nH]c3ccccc23)C(=O)N[C@@H](CCN)C(=O)N[C@@H](Cc2cn(CC(=O)O)c3ccccc23)C(=O)N1C. The second kappa shape index (κ2) is 47.0. The van der Waals surface area contributed by atoms with E-state index in [2.05, 4.69) is 47.5 Å². The molecule has 5 fully saturated rings. The van der Waals surface area contributed by atoms with Gasteiger partial charge in [0.05, 0.1) is 26.2 Å². The topological polar surface area (TPSA) is 627 Å². The van der Waals surface area contributed by atoms with Gasteiger partial charge in [0, 0.05) is 107 Å². The first-order valence-electron chi connectivity index (χ1n) is 45.5. The molecule has 7 heterocycles. The highest BCUT2D eigenvalue weighted by atomic mass is 16.5. The normalized spacial score (nSPS) is 26.2. The average molecular weight is 1870 g/mol. The highest BCUT2D eigenvalue weighted by Crippen LogP contribution is 2.48. The molecule has 728 valence electrons. The number of aliphatic carboxylic acids is 2. The van der Waals surface area contributed by atoms with Crippen LogP contribution in [0, 0.1) is 5.92 Å². The Kier molecular flexibility index (Phi) is 36.1. The van der Waals surface area contributed by atoms with Crippen LogP contribution in [0.15, 0.2) is 85.2 Å². The summed E-state index contributed by atoms with van der Waals surface area (Å²) in [5.41, 5.74) is 24.6. The number of fused-ring (bicyclic) bond motifs is 4. The standard InChI is InChI=1S/C91H126N20O23/c1-8-10-22-68-82(124)100-61(37-50(3)4)79(121)104-66(77(95)119)48-134-49-74(114)97-63(38-51-26-28-55(133-7)29-27-51)87(129)110-36-17-16-33-91(110)90(132)111(91)72(42-73(94)113)89(131)108-35-18-25-69(108)83(125)103-65(43-93)81(123)99-60(30-31-75(115)116)86(128)109-46-54(112)41-71(109)84(126)101-62(39-52-44-96-58-21-14-12-19-56(52)58)80(122)98-59(32-34-92)78(120)102-64(85(127)106(6)70(23-11-9-2)88(130)105(68)5)40-53-45-107(47-76(117)118)67-24-15-13-20-57(53)67/h12-15,19-21,24,26-29,44-45,50,54,59-66,68-72,96,112H,8-11,16-18,22-23,25,30-43,46-49,92-93H2,1-7H3,(H2,94,113)(H2,95,119)(H,97,114)(H,98,122)(H,99,123)(H,100,124)(H,101,126)(H,102,120)(H,103,125)(H,104,121)(H,115,116)(H,117,118)/t54-,59+,60+,61+,62+,63+,64+,65+,66+,68+,69+,70+,71+,72+,91-,111?/m1/s1. The number of piperidine rings is 1. The molecule has 43 nitrogen and oxygen atoms in total. The number of aromatic nitrogens is 2. The van der Waals surface area contributed by atoms with Gasteiger partial charge in [-0.1, -0.05) is 102 Å². The molecule has 134 heavy (non-hydrogen) atoms. The Balaban J connectivity index is 1.03. The van der Waals surface area contributed by atoms with Gasteiger partial charge in [-0.3, -0.25) is 91.2 Å². The number of methoxy groups -OCH3 is 1. The number of hydrogen-bond donors (Lipinski definition) is 16. The van der Waals surface area contributed by atoms with E-state index in [1.165, 1.54) is 36.9 Å². The maximum atomic E-state index is 15.9. The molecule has 5 aromatic rings. The van der Waals surface area contributed by atoms with Gasteiger partial charge in [-0.15, -0.1) is 0 Å². The van der Waals surface area contributed by atoms with E-state index >= 15 is 43.2 Å². The van der Waals surface area contributed by atoms with Gasteiger partial charge < -0.3 is 124 Å². The minimum atomic E-state index is -1.93. The molecule has 20 N–H and O–H groups in total. The molecule has 15 atom stereocenters. The van der Waals surface area contributed by atoms with Crippen molar-refractivity contribution >= 4 is 128 Å². The number of carboxylic acid groups (broad SMARTS) is 2. The quantitative estimate of drug-likeness (QED) is 0.0258. The molecule has 0 radical (unpaired) electrons. The van der Waals surface area contributed by atoms with Crippen LogP contribution in [-0.4, -0.2) is 318 Å². The van der Waals surface area contributed by atoms with Crippen molar-refractivity contribution in [1.82, 2.24) is 81.5 Å². The zero-order valence-electron chi connectivity index (χ0n) is 76.5. The first kappa shape index (κ1) is 103. The predicted octanol–water partition coefficient (Wildman–Crippen LogP) is -2.36. The van der Waals surface area contributed by atoms with Gasteiger partial charge in [-0.25, -0.2) is 0 Å². The number of carbonyl (C=O) groups is 18. The predicted molar refractivity (Wildman–Crippen MR) is 482 cm³/mol. The lowest BCUT2D eigenvalue weighted by molar-refractivity contribution is -0.149. The first-order valence-corrected chi connectivity index (χ1v) is 45.5. The second-order valence-corrected chi connectivity index (χ2v) is 35.3. The summed E-state index contributed by atoms with van der Waals surface area (Å²) in [5.74, 6) is -18.1. The number of amides is 16. The van der Waals surface area contributed by atoms with Crippen molar-refractivity contribution < 1.29 is 111 Å².